The fourth-order valence-corrected chi connectivity index (χ4v) is 13.6. The first kappa shape index (κ1) is 60.3. The van der Waals surface area contributed by atoms with E-state index in [1.165, 1.54) is 0 Å². The number of methoxy groups -OCH3 is 2. The number of carbonyl (C=O) groups is 3. The number of hydrogen-bond acceptors (Lipinski definition) is 7. The van der Waals surface area contributed by atoms with Crippen molar-refractivity contribution in [2.75, 3.05) is 30.6 Å². The van der Waals surface area contributed by atoms with Crippen LogP contribution in [-0.2, 0) is 31.0 Å². The summed E-state index contributed by atoms with van der Waals surface area (Å²) < 4.78 is 10.7. The van der Waals surface area contributed by atoms with E-state index in [2.05, 4.69) is 34.7 Å². The normalized spacial score (nSPS) is 16.8. The van der Waals surface area contributed by atoms with Gasteiger partial charge in [0.15, 0.2) is 0 Å². The average Bonchev–Trinajstić information content (AvgIpc) is 0.889. The zero-order valence-electron chi connectivity index (χ0n) is 47.1. The minimum Gasteiger partial charge on any atom is -0.497 e. The number of hydrogen-bond donors (Lipinski definition) is 2. The van der Waals surface area contributed by atoms with Gasteiger partial charge in [-0.25, -0.2) is 9.59 Å². The highest BCUT2D eigenvalue weighted by Gasteiger charge is 2.39. The highest BCUT2D eigenvalue weighted by Crippen LogP contribution is 2.51. The van der Waals surface area contributed by atoms with Gasteiger partial charge in [0.2, 0.25) is 5.91 Å². The maximum atomic E-state index is 14.5. The Labute approximate surface area is 530 Å². The van der Waals surface area contributed by atoms with E-state index in [0.29, 0.717) is 106 Å². The third-order valence-corrected chi connectivity index (χ3v) is 18.4. The van der Waals surface area contributed by atoms with E-state index in [-0.39, 0.29) is 29.8 Å². The Morgan fingerprint density at radius 3 is 1.29 bits per heavy atom. The molecule has 3 heterocycles. The number of halogens is 6. The third kappa shape index (κ3) is 12.7. The van der Waals surface area contributed by atoms with E-state index in [9.17, 15) is 19.6 Å². The van der Waals surface area contributed by atoms with Crippen molar-refractivity contribution in [2.45, 2.75) is 83.0 Å². The number of nitrogens with one attached hydrogen (secondary N) is 1. The molecule has 0 aromatic heterocycles. The summed E-state index contributed by atoms with van der Waals surface area (Å²) in [6.45, 7) is 2.05. The number of fused-ring (bicyclic) bond motifs is 2. The van der Waals surface area contributed by atoms with Gasteiger partial charge in [-0.05, 0) is 157 Å². The van der Waals surface area contributed by atoms with E-state index in [4.69, 9.17) is 79.1 Å². The van der Waals surface area contributed by atoms with Gasteiger partial charge in [-0.3, -0.25) is 14.6 Å². The maximum absolute atomic E-state index is 14.5. The second-order valence-corrected chi connectivity index (χ2v) is 24.1. The van der Waals surface area contributed by atoms with Gasteiger partial charge < -0.3 is 29.8 Å². The van der Waals surface area contributed by atoms with Crippen LogP contribution in [0.5, 0.6) is 11.5 Å². The lowest BCUT2D eigenvalue weighted by Crippen LogP contribution is -2.44. The predicted molar refractivity (Wildman–Crippen MR) is 346 cm³/mol. The molecule has 8 aromatic carbocycles. The summed E-state index contributed by atoms with van der Waals surface area (Å²) in [4.78, 5) is 48.0. The summed E-state index contributed by atoms with van der Waals surface area (Å²) in [7, 11) is 3.25. The molecule has 1 aliphatic carbocycles. The first-order chi connectivity index (χ1) is 41.7. The minimum absolute atomic E-state index is 0.0561. The molecule has 4 aliphatic rings. The monoisotopic (exact) mass is 1270 g/mol. The molecule has 3 aliphatic heterocycles. The van der Waals surface area contributed by atoms with Crippen LogP contribution < -0.4 is 24.6 Å². The topological polar surface area (TPSA) is 127 Å². The van der Waals surface area contributed by atoms with Gasteiger partial charge in [0, 0.05) is 58.4 Å². The molecule has 1 saturated heterocycles. The second kappa shape index (κ2) is 26.7. The molecule has 8 aromatic rings. The van der Waals surface area contributed by atoms with Crippen LogP contribution in [0.25, 0.3) is 22.3 Å². The summed E-state index contributed by atoms with van der Waals surface area (Å²) >= 11 is 40.7. The average molecular weight is 1270 g/mol. The molecule has 0 bridgehead atoms. The number of rotatable bonds is 12. The number of oxime groups is 1. The SMILES string of the molecule is COc1ccc(CN2Cc3c(-c4ccccc4Cl)cc(C4CCC(=NO)CC4)cc3N(c3c(Cl)cccc3Cl)C2=O)cc1.COc1ccc(CN2Cc3c(-c4ccccc4Cl)cc(C4CCNC(=O)CC4)cc3N(c3c(Cl)cccc3Cl)C2=O)cc1. The Morgan fingerprint density at radius 1 is 0.488 bits per heavy atom. The van der Waals surface area contributed by atoms with Gasteiger partial charge in [0.1, 0.15) is 11.5 Å². The lowest BCUT2D eigenvalue weighted by molar-refractivity contribution is -0.120. The molecule has 2 N–H and O–H groups in total. The molecule has 5 amide bonds. The number of para-hydroxylation sites is 2. The van der Waals surface area contributed by atoms with Crippen LogP contribution in [0, 0.1) is 0 Å². The first-order valence-electron chi connectivity index (χ1n) is 28.3. The van der Waals surface area contributed by atoms with Gasteiger partial charge in [0.05, 0.1) is 75.9 Å². The van der Waals surface area contributed by atoms with Crippen LogP contribution in [0.3, 0.4) is 0 Å². The molecule has 1 unspecified atom stereocenters. The van der Waals surface area contributed by atoms with Gasteiger partial charge >= 0.3 is 12.1 Å². The van der Waals surface area contributed by atoms with Crippen LogP contribution in [0.4, 0.5) is 32.3 Å². The van der Waals surface area contributed by atoms with Crippen LogP contribution in [0.2, 0.25) is 30.1 Å². The summed E-state index contributed by atoms with van der Waals surface area (Å²) in [5.41, 5.74) is 12.7. The summed E-state index contributed by atoms with van der Waals surface area (Å²) in [5, 5.41) is 18.5. The standard InChI is InChI=1S/2C34H30Cl3N3O3/c1-43-25-15-9-21(10-16-25)19-39-20-28-27(26-5-2-3-6-29(26)35)17-23(22-11-13-24(38-42)14-12-22)18-32(28)40(34(39)41)33-30(36)7-4-8-31(33)37;1-43-24-12-9-21(10-13-24)19-39-20-27-26(25-5-2-3-6-28(25)35)17-23(22-11-14-32(41)38-16-15-22)18-31(27)40(34(39)42)33-29(36)7-4-8-30(33)37/h2-10,15-18,22,42H,11-14,19-20H2,1H3;2-10,12-13,17-18,22H,11,14-16,19-20H2,1H3,(H,38,41). The number of benzene rings is 8. The van der Waals surface area contributed by atoms with E-state index in [0.717, 1.165) is 97.8 Å². The smallest absolute Gasteiger partial charge is 0.329 e. The van der Waals surface area contributed by atoms with Crippen molar-refractivity contribution in [3.05, 3.63) is 221 Å². The van der Waals surface area contributed by atoms with E-state index in [1.807, 2.05) is 97.1 Å². The van der Waals surface area contributed by atoms with Crippen molar-refractivity contribution in [3.63, 3.8) is 0 Å². The summed E-state index contributed by atoms with van der Waals surface area (Å²) in [5.74, 6) is 1.87. The molecule has 440 valence electrons. The maximum Gasteiger partial charge on any atom is 0.329 e. The molecule has 2 fully saturated rings. The molecular formula is C68H60Cl6N6O6. The second-order valence-electron chi connectivity index (χ2n) is 21.7. The van der Waals surface area contributed by atoms with Crippen molar-refractivity contribution in [3.8, 4) is 33.8 Å². The molecule has 0 spiro atoms. The highest BCUT2D eigenvalue weighted by atomic mass is 35.5. The van der Waals surface area contributed by atoms with Crippen molar-refractivity contribution in [2.24, 2.45) is 5.16 Å². The predicted octanol–water partition coefficient (Wildman–Crippen LogP) is 19.1. The van der Waals surface area contributed by atoms with Crippen LogP contribution in [0.1, 0.15) is 90.2 Å². The molecule has 1 atom stereocenters. The third-order valence-electron chi connectivity index (χ3n) is 16.5. The molecule has 12 rings (SSSR count). The zero-order valence-corrected chi connectivity index (χ0v) is 51.7. The Morgan fingerprint density at radius 2 is 0.884 bits per heavy atom. The Bertz CT molecular complexity index is 3850. The molecule has 18 heteroatoms. The first-order valence-corrected chi connectivity index (χ1v) is 30.6. The fourth-order valence-electron chi connectivity index (χ4n) is 12.0. The van der Waals surface area contributed by atoms with Crippen LogP contribution in [-0.4, -0.2) is 59.5 Å². The van der Waals surface area contributed by atoms with Crippen LogP contribution in [0.15, 0.2) is 163 Å². The largest absolute Gasteiger partial charge is 0.497 e. The van der Waals surface area contributed by atoms with Crippen molar-refractivity contribution in [1.29, 1.82) is 0 Å². The minimum atomic E-state index is -0.238. The lowest BCUT2D eigenvalue weighted by Gasteiger charge is -2.40. The van der Waals surface area contributed by atoms with E-state index < -0.39 is 0 Å². The molecule has 1 saturated carbocycles. The van der Waals surface area contributed by atoms with Crippen molar-refractivity contribution < 1.29 is 29.1 Å². The molecule has 12 nitrogen and oxygen atoms in total. The number of urea groups is 2. The number of nitrogens with zero attached hydrogens (tertiary/aromatic N) is 5. The molecule has 0 radical (unpaired) electrons. The van der Waals surface area contributed by atoms with E-state index in [1.54, 1.807) is 70.2 Å². The van der Waals surface area contributed by atoms with Gasteiger partial charge in [0.25, 0.3) is 0 Å². The number of carbonyl (C=O) groups excluding carboxylic acids is 3. The fraction of sp³-hybridized carbons (Fsp3) is 0.235. The number of amides is 5. The number of ether oxygens (including phenoxy) is 2. The summed E-state index contributed by atoms with van der Waals surface area (Å²) in [6, 6.07) is 49.4. The Hall–Kier alpha value is -7.42. The van der Waals surface area contributed by atoms with Gasteiger partial charge in [-0.2, -0.15) is 0 Å². The highest BCUT2D eigenvalue weighted by molar-refractivity contribution is 6.41. The number of anilines is 4. The van der Waals surface area contributed by atoms with Gasteiger partial charge in [-0.15, -0.1) is 0 Å². The quantitative estimate of drug-likeness (QED) is 0.0926. The van der Waals surface area contributed by atoms with Crippen molar-refractivity contribution in [1.82, 2.24) is 15.1 Å². The van der Waals surface area contributed by atoms with E-state index >= 15 is 0 Å². The lowest BCUT2D eigenvalue weighted by atomic mass is 9.80. The van der Waals surface area contributed by atoms with Gasteiger partial charge in [-0.1, -0.05) is 160 Å². The molecule has 86 heavy (non-hydrogen) atoms. The zero-order chi connectivity index (χ0) is 60.2. The van der Waals surface area contributed by atoms with Crippen molar-refractivity contribution >= 4 is 116 Å². The molecular weight excluding hydrogens is 1210 g/mol. The Balaban J connectivity index is 0.000000179. The Kier molecular flexibility index (Phi) is 18.7. The van der Waals surface area contributed by atoms with Crippen LogP contribution >= 0.6 is 69.6 Å². The summed E-state index contributed by atoms with van der Waals surface area (Å²) in [6.07, 6.45) is 5.04.